The lowest BCUT2D eigenvalue weighted by molar-refractivity contribution is -0.129. The van der Waals surface area contributed by atoms with Gasteiger partial charge in [-0.05, 0) is 37.5 Å². The Hall–Kier alpha value is -2.14. The number of fused-ring (bicyclic) bond motifs is 1. The van der Waals surface area contributed by atoms with Gasteiger partial charge < -0.3 is 15.0 Å². The van der Waals surface area contributed by atoms with E-state index in [4.69, 9.17) is 4.74 Å². The van der Waals surface area contributed by atoms with E-state index in [9.17, 15) is 9.59 Å². The second-order valence-corrected chi connectivity index (χ2v) is 6.21. The standard InChI is InChI=1S/C19H26N2O3/c1-14(2)24-12-6-10-20-19(23)13-18-17-8-5-4-7-16(17)9-11-21(18)15(3)22/h4-5,7-9,11,14,18H,6,10,12-13H2,1-3H3,(H,20,23). The molecule has 1 unspecified atom stereocenters. The van der Waals surface area contributed by atoms with Crippen molar-refractivity contribution in [3.8, 4) is 0 Å². The van der Waals surface area contributed by atoms with Gasteiger partial charge in [0.2, 0.25) is 11.8 Å². The van der Waals surface area contributed by atoms with Crippen molar-refractivity contribution in [1.29, 1.82) is 0 Å². The molecular formula is C19H26N2O3. The van der Waals surface area contributed by atoms with E-state index in [-0.39, 0.29) is 30.4 Å². The zero-order chi connectivity index (χ0) is 17.5. The number of nitrogens with one attached hydrogen (secondary N) is 1. The lowest BCUT2D eigenvalue weighted by Crippen LogP contribution is -2.35. The molecule has 1 aromatic carbocycles. The third-order valence-electron chi connectivity index (χ3n) is 3.94. The number of hydrogen-bond donors (Lipinski definition) is 1. The van der Waals surface area contributed by atoms with Gasteiger partial charge in [-0.15, -0.1) is 0 Å². The molecule has 0 bridgehead atoms. The first-order chi connectivity index (χ1) is 11.5. The van der Waals surface area contributed by atoms with Gasteiger partial charge in [-0.2, -0.15) is 0 Å². The van der Waals surface area contributed by atoms with Crippen LogP contribution in [0.25, 0.3) is 6.08 Å². The van der Waals surface area contributed by atoms with Crippen LogP contribution in [0.1, 0.15) is 50.8 Å². The van der Waals surface area contributed by atoms with Crippen LogP contribution in [0, 0.1) is 0 Å². The molecule has 0 radical (unpaired) electrons. The highest BCUT2D eigenvalue weighted by molar-refractivity contribution is 5.81. The highest BCUT2D eigenvalue weighted by atomic mass is 16.5. The number of ether oxygens (including phenoxy) is 1. The smallest absolute Gasteiger partial charge is 0.223 e. The molecule has 0 spiro atoms. The highest BCUT2D eigenvalue weighted by Crippen LogP contribution is 2.32. The number of benzene rings is 1. The van der Waals surface area contributed by atoms with Gasteiger partial charge in [-0.1, -0.05) is 24.3 Å². The molecule has 0 saturated carbocycles. The van der Waals surface area contributed by atoms with E-state index in [1.54, 1.807) is 11.1 Å². The van der Waals surface area contributed by atoms with Gasteiger partial charge in [0.25, 0.3) is 0 Å². The summed E-state index contributed by atoms with van der Waals surface area (Å²) in [5, 5.41) is 2.91. The van der Waals surface area contributed by atoms with E-state index < -0.39 is 0 Å². The number of hydrogen-bond acceptors (Lipinski definition) is 3. The van der Waals surface area contributed by atoms with E-state index in [2.05, 4.69) is 5.32 Å². The topological polar surface area (TPSA) is 58.6 Å². The van der Waals surface area contributed by atoms with Crippen LogP contribution in [-0.2, 0) is 14.3 Å². The molecule has 1 heterocycles. The van der Waals surface area contributed by atoms with Gasteiger partial charge >= 0.3 is 0 Å². The van der Waals surface area contributed by atoms with Crippen molar-refractivity contribution in [1.82, 2.24) is 10.2 Å². The second-order valence-electron chi connectivity index (χ2n) is 6.21. The van der Waals surface area contributed by atoms with Crippen molar-refractivity contribution in [2.45, 2.75) is 45.8 Å². The van der Waals surface area contributed by atoms with Gasteiger partial charge in [0, 0.05) is 26.3 Å². The Morgan fingerprint density at radius 1 is 1.29 bits per heavy atom. The van der Waals surface area contributed by atoms with E-state index in [0.717, 1.165) is 17.5 Å². The Morgan fingerprint density at radius 3 is 2.75 bits per heavy atom. The largest absolute Gasteiger partial charge is 0.379 e. The highest BCUT2D eigenvalue weighted by Gasteiger charge is 2.27. The van der Waals surface area contributed by atoms with Gasteiger partial charge in [0.1, 0.15) is 0 Å². The molecule has 1 aromatic rings. The summed E-state index contributed by atoms with van der Waals surface area (Å²) < 4.78 is 5.46. The lowest BCUT2D eigenvalue weighted by atomic mass is 9.93. The molecule has 1 aliphatic heterocycles. The zero-order valence-corrected chi connectivity index (χ0v) is 14.6. The van der Waals surface area contributed by atoms with Crippen molar-refractivity contribution < 1.29 is 14.3 Å². The Bertz CT molecular complexity index is 610. The van der Waals surface area contributed by atoms with E-state index >= 15 is 0 Å². The Labute approximate surface area is 143 Å². The molecule has 0 aromatic heterocycles. The Morgan fingerprint density at radius 2 is 2.04 bits per heavy atom. The van der Waals surface area contributed by atoms with Crippen LogP contribution >= 0.6 is 0 Å². The molecule has 1 N–H and O–H groups in total. The van der Waals surface area contributed by atoms with Crippen molar-refractivity contribution >= 4 is 17.9 Å². The summed E-state index contributed by atoms with van der Waals surface area (Å²) in [5.41, 5.74) is 2.06. The number of rotatable bonds is 7. The van der Waals surface area contributed by atoms with Crippen LogP contribution in [0.5, 0.6) is 0 Å². The maximum Gasteiger partial charge on any atom is 0.223 e. The third kappa shape index (κ3) is 4.93. The fourth-order valence-electron chi connectivity index (χ4n) is 2.78. The van der Waals surface area contributed by atoms with Crippen molar-refractivity contribution in [2.24, 2.45) is 0 Å². The monoisotopic (exact) mass is 330 g/mol. The quantitative estimate of drug-likeness (QED) is 0.782. The summed E-state index contributed by atoms with van der Waals surface area (Å²) in [6, 6.07) is 7.61. The minimum absolute atomic E-state index is 0.0547. The predicted octanol–water partition coefficient (Wildman–Crippen LogP) is 2.88. The van der Waals surface area contributed by atoms with Gasteiger partial charge in [-0.3, -0.25) is 9.59 Å². The Balaban J connectivity index is 1.94. The summed E-state index contributed by atoms with van der Waals surface area (Å²) in [5.74, 6) is -0.121. The molecule has 24 heavy (non-hydrogen) atoms. The summed E-state index contributed by atoms with van der Waals surface area (Å²) in [6.45, 7) is 6.71. The molecule has 130 valence electrons. The summed E-state index contributed by atoms with van der Waals surface area (Å²) in [4.78, 5) is 25.8. The first-order valence-corrected chi connectivity index (χ1v) is 8.43. The van der Waals surface area contributed by atoms with Gasteiger partial charge in [0.05, 0.1) is 18.6 Å². The molecular weight excluding hydrogens is 304 g/mol. The van der Waals surface area contributed by atoms with Crippen molar-refractivity contribution in [3.63, 3.8) is 0 Å². The molecule has 2 amide bonds. The minimum Gasteiger partial charge on any atom is -0.379 e. The van der Waals surface area contributed by atoms with E-state index in [1.165, 1.54) is 6.92 Å². The average molecular weight is 330 g/mol. The average Bonchev–Trinajstić information content (AvgIpc) is 2.54. The zero-order valence-electron chi connectivity index (χ0n) is 14.6. The SMILES string of the molecule is CC(=O)N1C=Cc2ccccc2C1CC(=O)NCCCOC(C)C. The third-order valence-corrected chi connectivity index (χ3v) is 3.94. The maximum absolute atomic E-state index is 12.3. The molecule has 1 atom stereocenters. The van der Waals surface area contributed by atoms with E-state index in [1.807, 2.05) is 44.2 Å². The summed E-state index contributed by atoms with van der Waals surface area (Å²) in [7, 11) is 0. The van der Waals surface area contributed by atoms with Crippen LogP contribution in [0.4, 0.5) is 0 Å². The van der Waals surface area contributed by atoms with Crippen LogP contribution in [0.2, 0.25) is 0 Å². The normalized spacial score (nSPS) is 16.2. The fraction of sp³-hybridized carbons (Fsp3) is 0.474. The fourth-order valence-corrected chi connectivity index (χ4v) is 2.78. The van der Waals surface area contributed by atoms with E-state index in [0.29, 0.717) is 13.2 Å². The van der Waals surface area contributed by atoms with Crippen LogP contribution in [-0.4, -0.2) is 36.0 Å². The molecule has 0 aliphatic carbocycles. The lowest BCUT2D eigenvalue weighted by Gasteiger charge is -2.32. The predicted molar refractivity (Wildman–Crippen MR) is 94.1 cm³/mol. The number of carbonyl (C=O) groups excluding carboxylic acids is 2. The molecule has 1 aliphatic rings. The molecule has 0 saturated heterocycles. The van der Waals surface area contributed by atoms with Gasteiger partial charge in [-0.25, -0.2) is 0 Å². The Kier molecular flexibility index (Phi) is 6.55. The summed E-state index contributed by atoms with van der Waals surface area (Å²) >= 11 is 0. The van der Waals surface area contributed by atoms with Crippen molar-refractivity contribution in [3.05, 3.63) is 41.6 Å². The first-order valence-electron chi connectivity index (χ1n) is 8.43. The van der Waals surface area contributed by atoms with Crippen LogP contribution in [0.3, 0.4) is 0 Å². The van der Waals surface area contributed by atoms with Gasteiger partial charge in [0.15, 0.2) is 0 Å². The number of nitrogens with zero attached hydrogens (tertiary/aromatic N) is 1. The molecule has 0 fully saturated rings. The number of carbonyl (C=O) groups is 2. The second kappa shape index (κ2) is 8.64. The minimum atomic E-state index is -0.254. The maximum atomic E-state index is 12.3. The van der Waals surface area contributed by atoms with Crippen LogP contribution < -0.4 is 5.32 Å². The van der Waals surface area contributed by atoms with Crippen LogP contribution in [0.15, 0.2) is 30.5 Å². The molecule has 5 nitrogen and oxygen atoms in total. The summed E-state index contributed by atoms with van der Waals surface area (Å²) in [6.07, 6.45) is 4.91. The molecule has 5 heteroatoms. The number of amides is 2. The molecule has 2 rings (SSSR count). The van der Waals surface area contributed by atoms with Crippen molar-refractivity contribution in [2.75, 3.05) is 13.2 Å². The first kappa shape index (κ1) is 18.2.